The quantitative estimate of drug-likeness (QED) is 0.171. The molecule has 3 N–H and O–H groups in total. The van der Waals surface area contributed by atoms with Gasteiger partial charge >= 0.3 is 0 Å². The van der Waals surface area contributed by atoms with Crippen molar-refractivity contribution in [3.63, 3.8) is 0 Å². The molecule has 4 aromatic rings. The number of hydrogen-bond donors (Lipinski definition) is 3. The van der Waals surface area contributed by atoms with Gasteiger partial charge in [-0.3, -0.25) is 14.4 Å². The monoisotopic (exact) mass is 536 g/mol. The van der Waals surface area contributed by atoms with Crippen LogP contribution in [0.25, 0.3) is 0 Å². The average molecular weight is 537 g/mol. The van der Waals surface area contributed by atoms with Gasteiger partial charge in [-0.1, -0.05) is 49.4 Å². The van der Waals surface area contributed by atoms with E-state index in [0.717, 1.165) is 27.8 Å². The molecule has 4 aromatic carbocycles. The van der Waals surface area contributed by atoms with Gasteiger partial charge in [-0.05, 0) is 90.4 Å². The number of hydrogen-bond acceptors (Lipinski definition) is 6. The largest absolute Gasteiger partial charge is 0.507 e. The maximum Gasteiger partial charge on any atom is 0.153 e. The van der Waals surface area contributed by atoms with Gasteiger partial charge in [-0.2, -0.15) is 0 Å². The highest BCUT2D eigenvalue weighted by Crippen LogP contribution is 2.43. The van der Waals surface area contributed by atoms with Crippen molar-refractivity contribution in [1.29, 1.82) is 0 Å². The minimum absolute atomic E-state index is 0.0187. The van der Waals surface area contributed by atoms with Crippen LogP contribution in [0.4, 0.5) is 0 Å². The number of rotatable bonds is 8. The molecule has 0 amide bonds. The van der Waals surface area contributed by atoms with E-state index in [4.69, 9.17) is 0 Å². The van der Waals surface area contributed by atoms with E-state index in [1.54, 1.807) is 39.0 Å². The van der Waals surface area contributed by atoms with Gasteiger partial charge in [-0.25, -0.2) is 0 Å². The van der Waals surface area contributed by atoms with E-state index in [-0.39, 0.29) is 39.9 Å². The van der Waals surface area contributed by atoms with Crippen LogP contribution in [0.1, 0.15) is 95.3 Å². The predicted octanol–water partition coefficient (Wildman–Crippen LogP) is 6.67. The lowest BCUT2D eigenvalue weighted by molar-refractivity contribution is 0.111. The molecule has 6 nitrogen and oxygen atoms in total. The van der Waals surface area contributed by atoms with Crippen LogP contribution in [-0.2, 0) is 5.41 Å². The zero-order chi connectivity index (χ0) is 29.4. The second-order valence-electron chi connectivity index (χ2n) is 10.6. The van der Waals surface area contributed by atoms with Crippen molar-refractivity contribution < 1.29 is 29.7 Å². The molecule has 1 unspecified atom stereocenters. The SMILES string of the molecule is Cc1cc(C(C)c2ccc(C(C)(c3cc(C)c(O)c(C=O)c3)c3cc(C)c(O)c(C=O)c3)cc2)cc(C=O)c1O. The molecule has 0 aliphatic rings. The molecular weight excluding hydrogens is 504 g/mol. The summed E-state index contributed by atoms with van der Waals surface area (Å²) >= 11 is 0. The summed E-state index contributed by atoms with van der Waals surface area (Å²) in [6.07, 6.45) is 1.87. The average Bonchev–Trinajstić information content (AvgIpc) is 2.96. The van der Waals surface area contributed by atoms with Crippen LogP contribution in [0.5, 0.6) is 17.2 Å². The summed E-state index contributed by atoms with van der Waals surface area (Å²) in [7, 11) is 0. The summed E-state index contributed by atoms with van der Waals surface area (Å²) in [6, 6.07) is 18.4. The van der Waals surface area contributed by atoms with Crippen LogP contribution in [0.3, 0.4) is 0 Å². The third kappa shape index (κ3) is 4.77. The highest BCUT2D eigenvalue weighted by molar-refractivity contribution is 5.83. The maximum atomic E-state index is 11.8. The Labute approximate surface area is 233 Å². The molecule has 4 rings (SSSR count). The molecule has 0 aliphatic carbocycles. The summed E-state index contributed by atoms with van der Waals surface area (Å²) in [5, 5.41) is 31.0. The first-order valence-electron chi connectivity index (χ1n) is 12.9. The first-order chi connectivity index (χ1) is 19.0. The minimum atomic E-state index is -0.867. The van der Waals surface area contributed by atoms with Crippen molar-refractivity contribution in [1.82, 2.24) is 0 Å². The van der Waals surface area contributed by atoms with Crippen LogP contribution in [0, 0.1) is 20.8 Å². The van der Waals surface area contributed by atoms with Crippen molar-refractivity contribution in [3.8, 4) is 17.2 Å². The lowest BCUT2D eigenvalue weighted by Gasteiger charge is -2.33. The highest BCUT2D eigenvalue weighted by atomic mass is 16.3. The fourth-order valence-electron chi connectivity index (χ4n) is 5.34. The number of phenolic OH excluding ortho intramolecular Hbond substituents is 3. The Morgan fingerprint density at radius 3 is 1.40 bits per heavy atom. The Bertz CT molecular complexity index is 1570. The number of carbonyl (C=O) groups is 3. The van der Waals surface area contributed by atoms with E-state index >= 15 is 0 Å². The first-order valence-corrected chi connectivity index (χ1v) is 12.9. The van der Waals surface area contributed by atoms with Crippen molar-refractivity contribution in [3.05, 3.63) is 122 Å². The lowest BCUT2D eigenvalue weighted by Crippen LogP contribution is -2.26. The van der Waals surface area contributed by atoms with E-state index in [1.807, 2.05) is 56.3 Å². The van der Waals surface area contributed by atoms with E-state index in [0.29, 0.717) is 35.5 Å². The third-order valence-electron chi connectivity index (χ3n) is 8.04. The van der Waals surface area contributed by atoms with E-state index in [1.165, 1.54) is 0 Å². The molecule has 0 aromatic heterocycles. The van der Waals surface area contributed by atoms with Gasteiger partial charge in [0.1, 0.15) is 17.2 Å². The molecule has 0 saturated carbocycles. The molecule has 1 atom stereocenters. The van der Waals surface area contributed by atoms with Crippen molar-refractivity contribution in [2.75, 3.05) is 0 Å². The van der Waals surface area contributed by atoms with E-state index < -0.39 is 5.41 Å². The zero-order valence-electron chi connectivity index (χ0n) is 23.1. The van der Waals surface area contributed by atoms with E-state index in [9.17, 15) is 29.7 Å². The lowest BCUT2D eigenvalue weighted by atomic mass is 9.69. The summed E-state index contributed by atoms with van der Waals surface area (Å²) in [5.41, 5.74) is 5.60. The summed E-state index contributed by atoms with van der Waals surface area (Å²) in [4.78, 5) is 35.1. The molecule has 0 bridgehead atoms. The van der Waals surface area contributed by atoms with Gasteiger partial charge in [0.25, 0.3) is 0 Å². The van der Waals surface area contributed by atoms with Crippen LogP contribution in [0.15, 0.2) is 60.7 Å². The Morgan fingerprint density at radius 2 is 0.975 bits per heavy atom. The van der Waals surface area contributed by atoms with Gasteiger partial charge in [-0.15, -0.1) is 0 Å². The molecule has 0 saturated heterocycles. The topological polar surface area (TPSA) is 112 Å². The molecule has 0 fully saturated rings. The number of phenols is 3. The predicted molar refractivity (Wildman–Crippen MR) is 154 cm³/mol. The molecule has 40 heavy (non-hydrogen) atoms. The third-order valence-corrected chi connectivity index (χ3v) is 8.04. The maximum absolute atomic E-state index is 11.8. The highest BCUT2D eigenvalue weighted by Gasteiger charge is 2.34. The molecule has 0 radical (unpaired) electrons. The van der Waals surface area contributed by atoms with Gasteiger partial charge in [0.05, 0.1) is 16.7 Å². The second-order valence-corrected chi connectivity index (χ2v) is 10.6. The molecular formula is C34H32O6. The summed E-state index contributed by atoms with van der Waals surface area (Å²) < 4.78 is 0. The van der Waals surface area contributed by atoms with Crippen molar-refractivity contribution in [2.45, 2.75) is 46.0 Å². The van der Waals surface area contributed by atoms with Crippen LogP contribution in [-0.4, -0.2) is 34.2 Å². The Balaban J connectivity index is 1.90. The van der Waals surface area contributed by atoms with Gasteiger partial charge in [0.2, 0.25) is 0 Å². The Kier molecular flexibility index (Phi) is 7.65. The minimum Gasteiger partial charge on any atom is -0.507 e. The summed E-state index contributed by atoms with van der Waals surface area (Å²) in [6.45, 7) is 9.21. The summed E-state index contributed by atoms with van der Waals surface area (Å²) in [5.74, 6) is -0.262. The normalized spacial score (nSPS) is 12.1. The van der Waals surface area contributed by atoms with Crippen LogP contribution in [0.2, 0.25) is 0 Å². The van der Waals surface area contributed by atoms with Crippen molar-refractivity contribution >= 4 is 18.9 Å². The van der Waals surface area contributed by atoms with Gasteiger partial charge < -0.3 is 15.3 Å². The number of aldehydes is 3. The molecule has 6 heteroatoms. The number of benzene rings is 4. The number of carbonyl (C=O) groups excluding carboxylic acids is 3. The van der Waals surface area contributed by atoms with Gasteiger partial charge in [0.15, 0.2) is 18.9 Å². The first kappa shape index (κ1) is 28.3. The van der Waals surface area contributed by atoms with E-state index in [2.05, 4.69) is 0 Å². The van der Waals surface area contributed by atoms with Crippen LogP contribution < -0.4 is 0 Å². The molecule has 0 aliphatic heterocycles. The molecule has 0 spiro atoms. The smallest absolute Gasteiger partial charge is 0.153 e. The molecule has 0 heterocycles. The van der Waals surface area contributed by atoms with Gasteiger partial charge in [0, 0.05) is 11.3 Å². The fourth-order valence-corrected chi connectivity index (χ4v) is 5.34. The van der Waals surface area contributed by atoms with Crippen molar-refractivity contribution in [2.24, 2.45) is 0 Å². The second kappa shape index (κ2) is 10.8. The number of aryl methyl sites for hydroxylation is 3. The fraction of sp³-hybridized carbons (Fsp3) is 0.206. The standard InChI is InChI=1S/C34H32O6/c1-19-10-24(13-25(16-35)31(19)38)22(4)23-6-8-28(9-7-23)34(5,29-11-20(2)32(39)26(14-29)17-36)30-12-21(3)33(40)27(15-30)18-37/h6-18,22,38-40H,1-5H3. The Hall–Kier alpha value is -4.71. The number of aromatic hydroxyl groups is 3. The zero-order valence-corrected chi connectivity index (χ0v) is 23.1. The molecule has 204 valence electrons. The Morgan fingerprint density at radius 1 is 0.575 bits per heavy atom. The van der Waals surface area contributed by atoms with Crippen LogP contribution >= 0.6 is 0 Å².